The van der Waals surface area contributed by atoms with Gasteiger partial charge in [-0.15, -0.1) is 6.58 Å². The average Bonchev–Trinajstić information content (AvgIpc) is 2.53. The number of benzene rings is 1. The molecule has 23 heavy (non-hydrogen) atoms. The first-order chi connectivity index (χ1) is 10.9. The Bertz CT molecular complexity index is 584. The zero-order chi connectivity index (χ0) is 17.2. The summed E-state index contributed by atoms with van der Waals surface area (Å²) in [5.74, 6) is 0.102. The Morgan fingerprint density at radius 3 is 2.43 bits per heavy atom. The molecule has 1 aromatic carbocycles. The summed E-state index contributed by atoms with van der Waals surface area (Å²) in [7, 11) is 2.08. The lowest BCUT2D eigenvalue weighted by Crippen LogP contribution is -2.18. The third-order valence-electron chi connectivity index (χ3n) is 3.65. The van der Waals surface area contributed by atoms with Crippen LogP contribution in [-0.2, 0) is 0 Å². The highest BCUT2D eigenvalue weighted by Crippen LogP contribution is 2.15. The normalized spacial score (nSPS) is 12.6. The highest BCUT2D eigenvalue weighted by molar-refractivity contribution is 9.10. The van der Waals surface area contributed by atoms with Crippen LogP contribution in [0, 0.1) is 0 Å². The minimum absolute atomic E-state index is 0.102. The van der Waals surface area contributed by atoms with Gasteiger partial charge in [-0.2, -0.15) is 0 Å². The van der Waals surface area contributed by atoms with Crippen LogP contribution in [0.2, 0.25) is 0 Å². The van der Waals surface area contributed by atoms with Gasteiger partial charge >= 0.3 is 0 Å². The highest BCUT2D eigenvalue weighted by Gasteiger charge is 2.07. The zero-order valence-corrected chi connectivity index (χ0v) is 15.9. The molecule has 0 saturated carbocycles. The molecule has 3 heteroatoms. The molecule has 0 atom stereocenters. The van der Waals surface area contributed by atoms with Crippen LogP contribution in [0.3, 0.4) is 0 Å². The molecule has 0 amide bonds. The Balaban J connectivity index is 2.49. The van der Waals surface area contributed by atoms with E-state index in [4.69, 9.17) is 0 Å². The molecule has 0 fully saturated rings. The van der Waals surface area contributed by atoms with Gasteiger partial charge in [0.1, 0.15) is 0 Å². The van der Waals surface area contributed by atoms with Crippen molar-refractivity contribution in [1.82, 2.24) is 4.90 Å². The third kappa shape index (κ3) is 7.58. The number of carbonyl (C=O) groups is 1. The Hall–Kier alpha value is -1.45. The number of ketones is 1. The number of hydrogen-bond acceptors (Lipinski definition) is 2. The third-order valence-corrected chi connectivity index (χ3v) is 4.17. The molecule has 1 aromatic rings. The quantitative estimate of drug-likeness (QED) is 0.326. The van der Waals surface area contributed by atoms with Crippen molar-refractivity contribution < 1.29 is 4.79 Å². The maximum Gasteiger partial charge on any atom is 0.188 e. The first kappa shape index (κ1) is 19.6. The van der Waals surface area contributed by atoms with Gasteiger partial charge < -0.3 is 0 Å². The Kier molecular flexibility index (Phi) is 8.82. The number of rotatable bonds is 9. The van der Waals surface area contributed by atoms with Gasteiger partial charge in [0.25, 0.3) is 0 Å². The Labute approximate surface area is 148 Å². The van der Waals surface area contributed by atoms with Gasteiger partial charge in [-0.25, -0.2) is 0 Å². The molecule has 2 nitrogen and oxygen atoms in total. The SMILES string of the molecule is C=CCN(C)C/C=C(\C)CC/C=C(\C)C(=O)c1ccc(Br)cc1. The molecule has 0 heterocycles. The monoisotopic (exact) mass is 375 g/mol. The first-order valence-electron chi connectivity index (χ1n) is 7.86. The van der Waals surface area contributed by atoms with E-state index < -0.39 is 0 Å². The maximum absolute atomic E-state index is 12.3. The fourth-order valence-electron chi connectivity index (χ4n) is 2.15. The van der Waals surface area contributed by atoms with E-state index in [1.807, 2.05) is 43.3 Å². The number of nitrogens with zero attached hydrogens (tertiary/aromatic N) is 1. The van der Waals surface area contributed by atoms with E-state index in [-0.39, 0.29) is 5.78 Å². The van der Waals surface area contributed by atoms with Crippen molar-refractivity contribution in [2.24, 2.45) is 0 Å². The topological polar surface area (TPSA) is 20.3 Å². The molecule has 0 aromatic heterocycles. The van der Waals surface area contributed by atoms with Gasteiger partial charge in [-0.1, -0.05) is 39.7 Å². The maximum atomic E-state index is 12.3. The molecule has 0 N–H and O–H groups in total. The zero-order valence-electron chi connectivity index (χ0n) is 14.3. The van der Waals surface area contributed by atoms with Crippen molar-refractivity contribution in [3.05, 3.63) is 70.3 Å². The Morgan fingerprint density at radius 1 is 1.17 bits per heavy atom. The first-order valence-corrected chi connectivity index (χ1v) is 8.65. The molecule has 0 saturated heterocycles. The van der Waals surface area contributed by atoms with E-state index >= 15 is 0 Å². The second-order valence-corrected chi connectivity index (χ2v) is 6.74. The minimum atomic E-state index is 0.102. The summed E-state index contributed by atoms with van der Waals surface area (Å²) in [6, 6.07) is 7.50. The smallest absolute Gasteiger partial charge is 0.188 e. The summed E-state index contributed by atoms with van der Waals surface area (Å²) in [5.41, 5.74) is 2.89. The van der Waals surface area contributed by atoms with Crippen molar-refractivity contribution >= 4 is 21.7 Å². The lowest BCUT2D eigenvalue weighted by atomic mass is 10.0. The van der Waals surface area contributed by atoms with Crippen LogP contribution in [0.15, 0.2) is 64.7 Å². The van der Waals surface area contributed by atoms with Crippen molar-refractivity contribution in [2.75, 3.05) is 20.1 Å². The lowest BCUT2D eigenvalue weighted by molar-refractivity contribution is 0.103. The van der Waals surface area contributed by atoms with Crippen molar-refractivity contribution in [2.45, 2.75) is 26.7 Å². The summed E-state index contributed by atoms with van der Waals surface area (Å²) in [6.07, 6.45) is 8.05. The van der Waals surface area contributed by atoms with Gasteiger partial charge in [-0.3, -0.25) is 9.69 Å². The predicted octanol–water partition coefficient (Wildman–Crippen LogP) is 5.42. The molecule has 0 aliphatic carbocycles. The molecule has 0 radical (unpaired) electrons. The standard InChI is InChI=1S/C20H26BrNO/c1-5-14-22(4)15-13-16(2)7-6-8-17(3)20(23)18-9-11-19(21)12-10-18/h5,8-13H,1,6-7,14-15H2,2-4H3/b16-13+,17-8+. The van der Waals surface area contributed by atoms with Gasteiger partial charge in [0.2, 0.25) is 0 Å². The lowest BCUT2D eigenvalue weighted by Gasteiger charge is -2.11. The number of Topliss-reactive ketones (excluding diaryl/α,β-unsaturated/α-hetero) is 1. The number of likely N-dealkylation sites (N-methyl/N-ethyl adjacent to an activating group) is 1. The molecular formula is C20H26BrNO. The van der Waals surface area contributed by atoms with Crippen LogP contribution in [0.5, 0.6) is 0 Å². The van der Waals surface area contributed by atoms with Crippen molar-refractivity contribution in [3.63, 3.8) is 0 Å². The molecule has 124 valence electrons. The summed E-state index contributed by atoms with van der Waals surface area (Å²) < 4.78 is 0.984. The molecular weight excluding hydrogens is 350 g/mol. The predicted molar refractivity (Wildman–Crippen MR) is 103 cm³/mol. The molecule has 0 aliphatic rings. The summed E-state index contributed by atoms with van der Waals surface area (Å²) in [4.78, 5) is 14.5. The van der Waals surface area contributed by atoms with Gasteiger partial charge in [0, 0.05) is 23.1 Å². The number of hydrogen-bond donors (Lipinski definition) is 0. The second-order valence-electron chi connectivity index (χ2n) is 5.82. The summed E-state index contributed by atoms with van der Waals surface area (Å²) >= 11 is 3.38. The average molecular weight is 376 g/mol. The van der Waals surface area contributed by atoms with E-state index in [0.717, 1.165) is 41.5 Å². The van der Waals surface area contributed by atoms with Crippen LogP contribution in [0.25, 0.3) is 0 Å². The summed E-state index contributed by atoms with van der Waals surface area (Å²) in [5, 5.41) is 0. The summed E-state index contributed by atoms with van der Waals surface area (Å²) in [6.45, 7) is 9.59. The van der Waals surface area contributed by atoms with Gasteiger partial charge in [-0.05, 0) is 63.6 Å². The van der Waals surface area contributed by atoms with E-state index in [1.54, 1.807) is 0 Å². The fourth-order valence-corrected chi connectivity index (χ4v) is 2.41. The van der Waals surface area contributed by atoms with E-state index in [0.29, 0.717) is 0 Å². The van der Waals surface area contributed by atoms with Crippen molar-refractivity contribution in [1.29, 1.82) is 0 Å². The number of carbonyl (C=O) groups excluding carboxylic acids is 1. The van der Waals surface area contributed by atoms with Crippen LogP contribution in [-0.4, -0.2) is 30.8 Å². The van der Waals surface area contributed by atoms with Crippen LogP contribution in [0.4, 0.5) is 0 Å². The van der Waals surface area contributed by atoms with Crippen LogP contribution < -0.4 is 0 Å². The van der Waals surface area contributed by atoms with Crippen molar-refractivity contribution in [3.8, 4) is 0 Å². The van der Waals surface area contributed by atoms with E-state index in [2.05, 4.69) is 47.5 Å². The van der Waals surface area contributed by atoms with E-state index in [1.165, 1.54) is 5.57 Å². The molecule has 1 rings (SSSR count). The molecule has 0 unspecified atom stereocenters. The van der Waals surface area contributed by atoms with Gasteiger partial charge in [0.05, 0.1) is 0 Å². The highest BCUT2D eigenvalue weighted by atomic mass is 79.9. The van der Waals surface area contributed by atoms with Gasteiger partial charge in [0.15, 0.2) is 5.78 Å². The largest absolute Gasteiger partial charge is 0.299 e. The van der Waals surface area contributed by atoms with Crippen LogP contribution >= 0.6 is 15.9 Å². The second kappa shape index (κ2) is 10.3. The Morgan fingerprint density at radius 2 is 1.83 bits per heavy atom. The minimum Gasteiger partial charge on any atom is -0.299 e. The molecule has 0 aliphatic heterocycles. The molecule has 0 bridgehead atoms. The molecule has 0 spiro atoms. The van der Waals surface area contributed by atoms with Crippen LogP contribution in [0.1, 0.15) is 37.0 Å². The number of allylic oxidation sites excluding steroid dienone is 3. The fraction of sp³-hybridized carbons (Fsp3) is 0.350. The number of halogens is 1. The van der Waals surface area contributed by atoms with E-state index in [9.17, 15) is 4.79 Å².